The minimum absolute atomic E-state index is 0.187. The topological polar surface area (TPSA) is 56.1 Å². The summed E-state index contributed by atoms with van der Waals surface area (Å²) in [6.07, 6.45) is -3.14. The first-order chi connectivity index (χ1) is 7.81. The molecule has 0 radical (unpaired) electrons. The average molecular weight is 251 g/mol. The SMILES string of the molecule is COC(=O)[C@H](C)Nc1ccn(CC(F)(F)F)n1. The molecule has 0 unspecified atom stereocenters. The standard InChI is InChI=1S/C9H12F3N3O2/c1-6(8(16)17-2)13-7-3-4-15(14-7)5-9(10,11)12/h3-4,6H,5H2,1-2H3,(H,13,14)/t6-/m0/s1. The number of nitrogens with zero attached hydrogens (tertiary/aromatic N) is 2. The van der Waals surface area contributed by atoms with E-state index in [4.69, 9.17) is 0 Å². The van der Waals surface area contributed by atoms with Crippen LogP contribution in [-0.4, -0.2) is 35.1 Å². The average Bonchev–Trinajstić information content (AvgIpc) is 2.61. The Bertz CT molecular complexity index is 389. The number of halogens is 3. The van der Waals surface area contributed by atoms with E-state index in [1.54, 1.807) is 0 Å². The molecule has 1 aromatic heterocycles. The molecule has 17 heavy (non-hydrogen) atoms. The van der Waals surface area contributed by atoms with Crippen LogP contribution in [0.3, 0.4) is 0 Å². The molecule has 0 aromatic carbocycles. The summed E-state index contributed by atoms with van der Waals surface area (Å²) in [6, 6.07) is 0.680. The minimum Gasteiger partial charge on any atom is -0.467 e. The highest BCUT2D eigenvalue weighted by Gasteiger charge is 2.28. The van der Waals surface area contributed by atoms with Crippen molar-refractivity contribution in [3.8, 4) is 0 Å². The van der Waals surface area contributed by atoms with Crippen molar-refractivity contribution < 1.29 is 22.7 Å². The van der Waals surface area contributed by atoms with Crippen molar-refractivity contribution in [3.63, 3.8) is 0 Å². The van der Waals surface area contributed by atoms with Crippen LogP contribution >= 0.6 is 0 Å². The monoisotopic (exact) mass is 251 g/mol. The van der Waals surface area contributed by atoms with Crippen LogP contribution < -0.4 is 5.32 Å². The van der Waals surface area contributed by atoms with E-state index in [1.165, 1.54) is 26.3 Å². The summed E-state index contributed by atoms with van der Waals surface area (Å²) in [6.45, 7) is 0.357. The number of esters is 1. The first kappa shape index (κ1) is 13.3. The van der Waals surface area contributed by atoms with Crippen molar-refractivity contribution in [3.05, 3.63) is 12.3 Å². The maximum absolute atomic E-state index is 12.0. The largest absolute Gasteiger partial charge is 0.467 e. The van der Waals surface area contributed by atoms with Gasteiger partial charge in [0, 0.05) is 12.3 Å². The summed E-state index contributed by atoms with van der Waals surface area (Å²) in [5.41, 5.74) is 0. The van der Waals surface area contributed by atoms with Crippen LogP contribution in [0.4, 0.5) is 19.0 Å². The fraction of sp³-hybridized carbons (Fsp3) is 0.556. The summed E-state index contributed by atoms with van der Waals surface area (Å²) in [5, 5.41) is 6.25. The van der Waals surface area contributed by atoms with E-state index in [1.807, 2.05) is 0 Å². The molecular formula is C9H12F3N3O2. The quantitative estimate of drug-likeness (QED) is 0.822. The summed E-state index contributed by atoms with van der Waals surface area (Å²) in [7, 11) is 1.22. The summed E-state index contributed by atoms with van der Waals surface area (Å²) in [4.78, 5) is 11.1. The van der Waals surface area contributed by atoms with Gasteiger partial charge < -0.3 is 10.1 Å². The van der Waals surface area contributed by atoms with Crippen LogP contribution in [0.5, 0.6) is 0 Å². The summed E-state index contributed by atoms with van der Waals surface area (Å²) >= 11 is 0. The maximum Gasteiger partial charge on any atom is 0.408 e. The van der Waals surface area contributed by atoms with E-state index in [9.17, 15) is 18.0 Å². The number of anilines is 1. The lowest BCUT2D eigenvalue weighted by atomic mass is 10.3. The van der Waals surface area contributed by atoms with Crippen molar-refractivity contribution in [2.45, 2.75) is 25.7 Å². The van der Waals surface area contributed by atoms with Gasteiger partial charge in [-0.25, -0.2) is 4.79 Å². The molecule has 0 bridgehead atoms. The Labute approximate surface area is 95.5 Å². The fourth-order valence-electron chi connectivity index (χ4n) is 1.17. The van der Waals surface area contributed by atoms with Gasteiger partial charge in [-0.2, -0.15) is 18.3 Å². The smallest absolute Gasteiger partial charge is 0.408 e. The Morgan fingerprint density at radius 1 is 1.65 bits per heavy atom. The van der Waals surface area contributed by atoms with Gasteiger partial charge in [-0.05, 0) is 6.92 Å². The summed E-state index contributed by atoms with van der Waals surface area (Å²) < 4.78 is 41.3. The molecule has 1 heterocycles. The molecule has 0 saturated heterocycles. The van der Waals surface area contributed by atoms with Crippen LogP contribution in [0.1, 0.15) is 6.92 Å². The molecule has 1 N–H and O–H groups in total. The highest BCUT2D eigenvalue weighted by Crippen LogP contribution is 2.17. The fourth-order valence-corrected chi connectivity index (χ4v) is 1.17. The van der Waals surface area contributed by atoms with Crippen molar-refractivity contribution in [2.75, 3.05) is 12.4 Å². The molecule has 0 fully saturated rings. The zero-order chi connectivity index (χ0) is 13.1. The maximum atomic E-state index is 12.0. The van der Waals surface area contributed by atoms with Gasteiger partial charge in [-0.15, -0.1) is 0 Å². The zero-order valence-electron chi connectivity index (χ0n) is 9.28. The second-order valence-corrected chi connectivity index (χ2v) is 3.40. The number of carbonyl (C=O) groups excluding carboxylic acids is 1. The molecule has 0 aliphatic carbocycles. The van der Waals surface area contributed by atoms with Crippen LogP contribution in [0.2, 0.25) is 0 Å². The lowest BCUT2D eigenvalue weighted by Gasteiger charge is -2.10. The molecule has 5 nitrogen and oxygen atoms in total. The van der Waals surface area contributed by atoms with E-state index in [2.05, 4.69) is 15.2 Å². The van der Waals surface area contributed by atoms with Gasteiger partial charge in [0.15, 0.2) is 0 Å². The third-order valence-corrected chi connectivity index (χ3v) is 1.90. The van der Waals surface area contributed by atoms with Crippen LogP contribution in [0, 0.1) is 0 Å². The first-order valence-electron chi connectivity index (χ1n) is 4.76. The second-order valence-electron chi connectivity index (χ2n) is 3.40. The molecule has 0 aliphatic heterocycles. The number of rotatable bonds is 4. The van der Waals surface area contributed by atoms with E-state index in [0.717, 1.165) is 4.68 Å². The lowest BCUT2D eigenvalue weighted by Crippen LogP contribution is -2.27. The van der Waals surface area contributed by atoms with E-state index < -0.39 is 24.7 Å². The van der Waals surface area contributed by atoms with E-state index in [-0.39, 0.29) is 5.82 Å². The number of alkyl halides is 3. The number of hydrogen-bond donors (Lipinski definition) is 1. The van der Waals surface area contributed by atoms with Crippen LogP contribution in [-0.2, 0) is 16.1 Å². The molecule has 1 rings (SSSR count). The number of methoxy groups -OCH3 is 1. The Balaban J connectivity index is 2.60. The second kappa shape index (κ2) is 5.07. The number of aromatic nitrogens is 2. The van der Waals surface area contributed by atoms with Crippen LogP contribution in [0.15, 0.2) is 12.3 Å². The van der Waals surface area contributed by atoms with Gasteiger partial charge in [-0.1, -0.05) is 0 Å². The predicted molar refractivity (Wildman–Crippen MR) is 53.4 cm³/mol. The molecule has 0 saturated carbocycles. The van der Waals surface area contributed by atoms with Crippen molar-refractivity contribution in [1.82, 2.24) is 9.78 Å². The van der Waals surface area contributed by atoms with Crippen molar-refractivity contribution >= 4 is 11.8 Å². The first-order valence-corrected chi connectivity index (χ1v) is 4.76. The van der Waals surface area contributed by atoms with Crippen molar-refractivity contribution in [2.24, 2.45) is 0 Å². The Hall–Kier alpha value is -1.73. The molecule has 1 aromatic rings. The van der Waals surface area contributed by atoms with Gasteiger partial charge in [0.25, 0.3) is 0 Å². The molecule has 96 valence electrons. The Morgan fingerprint density at radius 3 is 2.82 bits per heavy atom. The van der Waals surface area contributed by atoms with Crippen molar-refractivity contribution in [1.29, 1.82) is 0 Å². The number of carbonyl (C=O) groups is 1. The van der Waals surface area contributed by atoms with E-state index in [0.29, 0.717) is 0 Å². The molecule has 0 amide bonds. The van der Waals surface area contributed by atoms with Gasteiger partial charge >= 0.3 is 12.1 Å². The third kappa shape index (κ3) is 4.33. The number of nitrogens with one attached hydrogen (secondary N) is 1. The predicted octanol–water partition coefficient (Wildman–Crippen LogP) is 1.42. The van der Waals surface area contributed by atoms with Crippen LogP contribution in [0.25, 0.3) is 0 Å². The summed E-state index contributed by atoms with van der Waals surface area (Å²) in [5.74, 6) is -0.331. The zero-order valence-corrected chi connectivity index (χ0v) is 9.28. The third-order valence-electron chi connectivity index (χ3n) is 1.90. The Kier molecular flexibility index (Phi) is 3.97. The minimum atomic E-state index is -4.32. The molecule has 1 atom stereocenters. The lowest BCUT2D eigenvalue weighted by molar-refractivity contribution is -0.143. The molecular weight excluding hydrogens is 239 g/mol. The molecule has 8 heteroatoms. The van der Waals surface area contributed by atoms with E-state index >= 15 is 0 Å². The highest BCUT2D eigenvalue weighted by molar-refractivity contribution is 5.78. The van der Waals surface area contributed by atoms with Gasteiger partial charge in [0.05, 0.1) is 7.11 Å². The Morgan fingerprint density at radius 2 is 2.29 bits per heavy atom. The normalized spacial score (nSPS) is 13.2. The molecule has 0 spiro atoms. The van der Waals surface area contributed by atoms with Gasteiger partial charge in [0.1, 0.15) is 18.4 Å². The number of ether oxygens (including phenoxy) is 1. The van der Waals surface area contributed by atoms with Gasteiger partial charge in [-0.3, -0.25) is 4.68 Å². The van der Waals surface area contributed by atoms with Gasteiger partial charge in [0.2, 0.25) is 0 Å². The number of hydrogen-bond acceptors (Lipinski definition) is 4. The highest BCUT2D eigenvalue weighted by atomic mass is 19.4. The molecule has 0 aliphatic rings.